The first-order chi connectivity index (χ1) is 4.63. The molecule has 3 heteroatoms. The summed E-state index contributed by atoms with van der Waals surface area (Å²) in [5, 5.41) is 18.1. The van der Waals surface area contributed by atoms with Crippen molar-refractivity contribution in [1.82, 2.24) is 0 Å². The number of nitrogen functional groups attached to an aromatic ring is 1. The maximum absolute atomic E-state index is 9.06. The molecule has 1 rings (SSSR count). The minimum Gasteiger partial charge on any atom is -0.504 e. The van der Waals surface area contributed by atoms with Gasteiger partial charge in [0, 0.05) is 0 Å². The molecule has 0 amide bonds. The summed E-state index contributed by atoms with van der Waals surface area (Å²) in [6, 6.07) is 3.19. The van der Waals surface area contributed by atoms with Crippen molar-refractivity contribution in [3.63, 3.8) is 0 Å². The standard InChI is InChI=1S/C7H9NO2/c1-4-2-3-5(8)7(10)6(4)9/h2-3,9-10H,8H2,1H3. The Hall–Kier alpha value is -1.38. The molecule has 4 N–H and O–H groups in total. The highest BCUT2D eigenvalue weighted by molar-refractivity contribution is 5.61. The fourth-order valence-electron chi connectivity index (χ4n) is 0.696. The highest BCUT2D eigenvalue weighted by atomic mass is 16.3. The number of hydrogen-bond donors (Lipinski definition) is 3. The normalized spacial score (nSPS) is 9.70. The summed E-state index contributed by atoms with van der Waals surface area (Å²) in [4.78, 5) is 0. The first kappa shape index (κ1) is 6.74. The van der Waals surface area contributed by atoms with Crippen LogP contribution in [0.4, 0.5) is 5.69 Å². The zero-order valence-corrected chi connectivity index (χ0v) is 5.63. The average Bonchev–Trinajstić information content (AvgIpc) is 1.93. The number of nitrogens with two attached hydrogens (primary N) is 1. The largest absolute Gasteiger partial charge is 0.504 e. The van der Waals surface area contributed by atoms with E-state index in [0.717, 1.165) is 0 Å². The molecule has 54 valence electrons. The van der Waals surface area contributed by atoms with E-state index in [9.17, 15) is 0 Å². The van der Waals surface area contributed by atoms with Crippen LogP contribution in [0.1, 0.15) is 5.56 Å². The Morgan fingerprint density at radius 1 is 1.20 bits per heavy atom. The molecule has 0 aliphatic heterocycles. The molecule has 1 aromatic carbocycles. The molecule has 0 heterocycles. The van der Waals surface area contributed by atoms with Gasteiger partial charge in [-0.3, -0.25) is 0 Å². The van der Waals surface area contributed by atoms with Crippen molar-refractivity contribution in [1.29, 1.82) is 0 Å². The second-order valence-corrected chi connectivity index (χ2v) is 2.17. The summed E-state index contributed by atoms with van der Waals surface area (Å²) in [6.07, 6.45) is 0. The Morgan fingerprint density at radius 3 is 2.30 bits per heavy atom. The van der Waals surface area contributed by atoms with Crippen LogP contribution in [0.2, 0.25) is 0 Å². The van der Waals surface area contributed by atoms with Gasteiger partial charge in [0.1, 0.15) is 0 Å². The molecule has 0 fully saturated rings. The van der Waals surface area contributed by atoms with Crippen molar-refractivity contribution in [2.45, 2.75) is 6.92 Å². The van der Waals surface area contributed by atoms with Crippen molar-refractivity contribution in [3.05, 3.63) is 17.7 Å². The molecular formula is C7H9NO2. The fourth-order valence-corrected chi connectivity index (χ4v) is 0.696. The number of benzene rings is 1. The Kier molecular flexibility index (Phi) is 1.41. The van der Waals surface area contributed by atoms with E-state index >= 15 is 0 Å². The maximum Gasteiger partial charge on any atom is 0.181 e. The predicted octanol–water partition coefficient (Wildman–Crippen LogP) is 0.988. The van der Waals surface area contributed by atoms with Gasteiger partial charge in [0.15, 0.2) is 11.5 Å². The molecule has 0 radical (unpaired) electrons. The minimum absolute atomic E-state index is 0.139. The highest BCUT2D eigenvalue weighted by Crippen LogP contribution is 2.33. The van der Waals surface area contributed by atoms with E-state index in [0.29, 0.717) is 5.56 Å². The fraction of sp³-hybridized carbons (Fsp3) is 0.143. The van der Waals surface area contributed by atoms with Gasteiger partial charge in [-0.25, -0.2) is 0 Å². The molecule has 3 nitrogen and oxygen atoms in total. The maximum atomic E-state index is 9.06. The third-order valence-corrected chi connectivity index (χ3v) is 1.38. The molecule has 0 aliphatic carbocycles. The van der Waals surface area contributed by atoms with Crippen LogP contribution in [0.3, 0.4) is 0 Å². The molecule has 1 aromatic rings. The van der Waals surface area contributed by atoms with Crippen LogP contribution in [0.15, 0.2) is 12.1 Å². The molecule has 0 saturated heterocycles. The first-order valence-electron chi connectivity index (χ1n) is 2.90. The number of hydrogen-bond acceptors (Lipinski definition) is 3. The van der Waals surface area contributed by atoms with Crippen molar-refractivity contribution >= 4 is 5.69 Å². The smallest absolute Gasteiger partial charge is 0.181 e. The number of phenols is 2. The summed E-state index contributed by atoms with van der Waals surface area (Å²) in [5.41, 5.74) is 6.09. The molecule has 10 heavy (non-hydrogen) atoms. The van der Waals surface area contributed by atoms with E-state index in [-0.39, 0.29) is 17.2 Å². The molecule has 0 bridgehead atoms. The van der Waals surface area contributed by atoms with Crippen LogP contribution in [0.5, 0.6) is 11.5 Å². The van der Waals surface area contributed by atoms with Gasteiger partial charge in [0.05, 0.1) is 5.69 Å². The number of aromatic hydroxyl groups is 2. The summed E-state index contributed by atoms with van der Waals surface area (Å²) >= 11 is 0. The third-order valence-electron chi connectivity index (χ3n) is 1.38. The Morgan fingerprint density at radius 2 is 1.80 bits per heavy atom. The van der Waals surface area contributed by atoms with Crippen molar-refractivity contribution in [2.24, 2.45) is 0 Å². The van der Waals surface area contributed by atoms with Crippen LogP contribution in [0.25, 0.3) is 0 Å². The van der Waals surface area contributed by atoms with Crippen LogP contribution >= 0.6 is 0 Å². The molecule has 0 spiro atoms. The van der Waals surface area contributed by atoms with Gasteiger partial charge >= 0.3 is 0 Å². The lowest BCUT2D eigenvalue weighted by Crippen LogP contribution is -1.86. The van der Waals surface area contributed by atoms with Gasteiger partial charge in [-0.15, -0.1) is 0 Å². The van der Waals surface area contributed by atoms with Crippen LogP contribution in [-0.2, 0) is 0 Å². The highest BCUT2D eigenvalue weighted by Gasteiger charge is 2.04. The third kappa shape index (κ3) is 0.857. The molecular weight excluding hydrogens is 130 g/mol. The lowest BCUT2D eigenvalue weighted by atomic mass is 10.2. The quantitative estimate of drug-likeness (QED) is 0.371. The van der Waals surface area contributed by atoms with Crippen molar-refractivity contribution in [2.75, 3.05) is 5.73 Å². The average molecular weight is 139 g/mol. The SMILES string of the molecule is Cc1ccc(N)c(O)c1O. The van der Waals surface area contributed by atoms with E-state index in [1.165, 1.54) is 0 Å². The summed E-state index contributed by atoms with van der Waals surface area (Å²) < 4.78 is 0. The van der Waals surface area contributed by atoms with E-state index < -0.39 is 0 Å². The minimum atomic E-state index is -0.236. The molecule has 0 unspecified atom stereocenters. The van der Waals surface area contributed by atoms with Gasteiger partial charge in [-0.2, -0.15) is 0 Å². The van der Waals surface area contributed by atoms with E-state index in [4.69, 9.17) is 15.9 Å². The Bertz CT molecular complexity index is 231. The summed E-state index contributed by atoms with van der Waals surface area (Å²) in [6.45, 7) is 1.69. The number of aryl methyl sites for hydroxylation is 1. The number of rotatable bonds is 0. The molecule has 0 aliphatic rings. The van der Waals surface area contributed by atoms with Crippen LogP contribution in [0, 0.1) is 6.92 Å². The zero-order valence-electron chi connectivity index (χ0n) is 5.63. The molecule has 0 saturated carbocycles. The van der Waals surface area contributed by atoms with Gasteiger partial charge in [-0.05, 0) is 18.6 Å². The Labute approximate surface area is 58.7 Å². The van der Waals surface area contributed by atoms with Gasteiger partial charge < -0.3 is 15.9 Å². The summed E-state index contributed by atoms with van der Waals surface area (Å²) in [7, 11) is 0. The second-order valence-electron chi connectivity index (χ2n) is 2.17. The van der Waals surface area contributed by atoms with E-state index in [1.54, 1.807) is 19.1 Å². The van der Waals surface area contributed by atoms with Gasteiger partial charge in [0.25, 0.3) is 0 Å². The first-order valence-corrected chi connectivity index (χ1v) is 2.90. The van der Waals surface area contributed by atoms with Crippen molar-refractivity contribution < 1.29 is 10.2 Å². The predicted molar refractivity (Wildman–Crippen MR) is 38.9 cm³/mol. The van der Waals surface area contributed by atoms with E-state index in [1.807, 2.05) is 0 Å². The van der Waals surface area contributed by atoms with Crippen LogP contribution < -0.4 is 5.73 Å². The Balaban J connectivity index is 3.34. The van der Waals surface area contributed by atoms with Crippen LogP contribution in [-0.4, -0.2) is 10.2 Å². The topological polar surface area (TPSA) is 66.5 Å². The van der Waals surface area contributed by atoms with Gasteiger partial charge in [0.2, 0.25) is 0 Å². The van der Waals surface area contributed by atoms with E-state index in [2.05, 4.69) is 0 Å². The zero-order chi connectivity index (χ0) is 7.72. The monoisotopic (exact) mass is 139 g/mol. The lowest BCUT2D eigenvalue weighted by molar-refractivity contribution is 0.403. The lowest BCUT2D eigenvalue weighted by Gasteiger charge is -2.02. The van der Waals surface area contributed by atoms with Gasteiger partial charge in [-0.1, -0.05) is 6.07 Å². The number of anilines is 1. The molecule has 0 aromatic heterocycles. The molecule has 0 atom stereocenters. The summed E-state index contributed by atoms with van der Waals surface area (Å²) in [5.74, 6) is -0.375. The second kappa shape index (κ2) is 2.10. The number of phenolic OH excluding ortho intramolecular Hbond substituents is 2. The van der Waals surface area contributed by atoms with Crippen molar-refractivity contribution in [3.8, 4) is 11.5 Å².